The highest BCUT2D eigenvalue weighted by atomic mass is 32.1. The predicted molar refractivity (Wildman–Crippen MR) is 90.5 cm³/mol. The van der Waals surface area contributed by atoms with Crippen molar-refractivity contribution >= 4 is 11.3 Å². The normalized spacial score (nSPS) is 12.4. The van der Waals surface area contributed by atoms with Crippen LogP contribution in [0.3, 0.4) is 0 Å². The highest BCUT2D eigenvalue weighted by Crippen LogP contribution is 2.26. The molecular formula is C17H24N2O2S. The fourth-order valence-corrected chi connectivity index (χ4v) is 3.31. The van der Waals surface area contributed by atoms with Gasteiger partial charge in [-0.3, -0.25) is 0 Å². The molecule has 0 fully saturated rings. The molecule has 4 nitrogen and oxygen atoms in total. The minimum atomic E-state index is 0.0248. The molecule has 0 spiro atoms. The molecule has 22 heavy (non-hydrogen) atoms. The van der Waals surface area contributed by atoms with Gasteiger partial charge in [0.15, 0.2) is 0 Å². The molecule has 0 saturated heterocycles. The zero-order chi connectivity index (χ0) is 15.9. The summed E-state index contributed by atoms with van der Waals surface area (Å²) in [6.45, 7) is 7.40. The van der Waals surface area contributed by atoms with E-state index in [-0.39, 0.29) is 12.6 Å². The van der Waals surface area contributed by atoms with Crippen LogP contribution in [-0.2, 0) is 6.54 Å². The van der Waals surface area contributed by atoms with Crippen LogP contribution in [-0.4, -0.2) is 23.3 Å². The van der Waals surface area contributed by atoms with Gasteiger partial charge in [-0.25, -0.2) is 4.98 Å². The van der Waals surface area contributed by atoms with Crippen LogP contribution < -0.4 is 10.1 Å². The smallest absolute Gasteiger partial charge is 0.123 e. The number of rotatable bonds is 8. The monoisotopic (exact) mass is 320 g/mol. The van der Waals surface area contributed by atoms with E-state index in [0.29, 0.717) is 6.61 Å². The van der Waals surface area contributed by atoms with Crippen LogP contribution in [0.4, 0.5) is 0 Å². The lowest BCUT2D eigenvalue weighted by atomic mass is 10.1. The number of thiazole rings is 1. The number of aliphatic hydroxyl groups is 1. The number of para-hydroxylation sites is 1. The lowest BCUT2D eigenvalue weighted by Gasteiger charge is -2.16. The molecule has 1 heterocycles. The molecule has 1 aromatic carbocycles. The maximum Gasteiger partial charge on any atom is 0.123 e. The Morgan fingerprint density at radius 1 is 1.32 bits per heavy atom. The molecule has 0 amide bonds. The largest absolute Gasteiger partial charge is 0.491 e. The van der Waals surface area contributed by atoms with Crippen LogP contribution in [0, 0.1) is 13.8 Å². The summed E-state index contributed by atoms with van der Waals surface area (Å²) >= 11 is 1.76. The molecule has 2 N–H and O–H groups in total. The Kier molecular flexibility index (Phi) is 6.36. The van der Waals surface area contributed by atoms with Gasteiger partial charge in [0, 0.05) is 17.0 Å². The Labute approximate surface area is 136 Å². The van der Waals surface area contributed by atoms with Gasteiger partial charge in [0.2, 0.25) is 0 Å². The summed E-state index contributed by atoms with van der Waals surface area (Å²) in [6, 6.07) is 8.18. The van der Waals surface area contributed by atoms with Gasteiger partial charge < -0.3 is 15.2 Å². The Balaban J connectivity index is 2.04. The second-order valence-electron chi connectivity index (χ2n) is 5.22. The first-order chi connectivity index (χ1) is 10.7. The highest BCUT2D eigenvalue weighted by Gasteiger charge is 2.15. The second-order valence-corrected chi connectivity index (χ2v) is 6.45. The highest BCUT2D eigenvalue weighted by molar-refractivity contribution is 7.11. The van der Waals surface area contributed by atoms with Crippen molar-refractivity contribution in [1.29, 1.82) is 0 Å². The first kappa shape index (κ1) is 16.9. The van der Waals surface area contributed by atoms with E-state index in [4.69, 9.17) is 9.84 Å². The van der Waals surface area contributed by atoms with Gasteiger partial charge in [0.1, 0.15) is 17.4 Å². The van der Waals surface area contributed by atoms with Crippen LogP contribution >= 0.6 is 11.3 Å². The third-order valence-electron chi connectivity index (χ3n) is 3.61. The fraction of sp³-hybridized carbons (Fsp3) is 0.471. The average molecular weight is 320 g/mol. The number of aryl methyl sites for hydroxylation is 2. The van der Waals surface area contributed by atoms with Crippen molar-refractivity contribution in [2.75, 3.05) is 13.2 Å². The number of nitrogens with zero attached hydrogens (tertiary/aromatic N) is 1. The first-order valence-electron chi connectivity index (χ1n) is 7.64. The van der Waals surface area contributed by atoms with E-state index < -0.39 is 0 Å². The number of aliphatic hydroxyl groups excluding tert-OH is 1. The Morgan fingerprint density at radius 2 is 2.09 bits per heavy atom. The third-order valence-corrected chi connectivity index (χ3v) is 4.80. The number of benzene rings is 1. The molecule has 0 aliphatic rings. The molecular weight excluding hydrogens is 296 g/mol. The van der Waals surface area contributed by atoms with Gasteiger partial charge in [-0.05, 0) is 26.3 Å². The molecule has 120 valence electrons. The topological polar surface area (TPSA) is 54.4 Å². The van der Waals surface area contributed by atoms with E-state index in [0.717, 1.165) is 35.0 Å². The van der Waals surface area contributed by atoms with Gasteiger partial charge in [-0.2, -0.15) is 0 Å². The van der Waals surface area contributed by atoms with Crippen LogP contribution in [0.1, 0.15) is 40.5 Å². The van der Waals surface area contributed by atoms with Gasteiger partial charge in [-0.15, -0.1) is 11.3 Å². The van der Waals surface area contributed by atoms with Crippen LogP contribution in [0.2, 0.25) is 0 Å². The molecule has 2 aromatic rings. The molecule has 5 heteroatoms. The van der Waals surface area contributed by atoms with Crippen molar-refractivity contribution in [2.45, 2.75) is 39.8 Å². The summed E-state index contributed by atoms with van der Waals surface area (Å²) in [5, 5.41) is 13.6. The molecule has 0 aliphatic heterocycles. The van der Waals surface area contributed by atoms with E-state index in [1.807, 2.05) is 24.3 Å². The number of nitrogens with one attached hydrogen (secondary N) is 1. The molecule has 2 rings (SSSR count). The number of hydrogen-bond acceptors (Lipinski definition) is 5. The minimum absolute atomic E-state index is 0.0248. The van der Waals surface area contributed by atoms with E-state index in [9.17, 15) is 0 Å². The van der Waals surface area contributed by atoms with Crippen molar-refractivity contribution in [3.63, 3.8) is 0 Å². The van der Waals surface area contributed by atoms with Crippen molar-refractivity contribution < 1.29 is 9.84 Å². The van der Waals surface area contributed by atoms with E-state index >= 15 is 0 Å². The quantitative estimate of drug-likeness (QED) is 0.783. The zero-order valence-corrected chi connectivity index (χ0v) is 14.2. The second kappa shape index (κ2) is 8.27. The molecule has 0 aliphatic carbocycles. The molecule has 0 unspecified atom stereocenters. The van der Waals surface area contributed by atoms with Crippen LogP contribution in [0.15, 0.2) is 24.3 Å². The van der Waals surface area contributed by atoms with Gasteiger partial charge in [-0.1, -0.05) is 25.1 Å². The lowest BCUT2D eigenvalue weighted by Crippen LogP contribution is -2.20. The van der Waals surface area contributed by atoms with E-state index in [2.05, 4.69) is 31.1 Å². The molecule has 0 saturated carbocycles. The van der Waals surface area contributed by atoms with E-state index in [1.54, 1.807) is 11.3 Å². The average Bonchev–Trinajstić information content (AvgIpc) is 2.86. The summed E-state index contributed by atoms with van der Waals surface area (Å²) < 4.78 is 5.58. The van der Waals surface area contributed by atoms with Gasteiger partial charge in [0.05, 0.1) is 18.3 Å². The summed E-state index contributed by atoms with van der Waals surface area (Å²) in [5.41, 5.74) is 2.21. The zero-order valence-electron chi connectivity index (χ0n) is 13.4. The third kappa shape index (κ3) is 4.29. The van der Waals surface area contributed by atoms with Crippen molar-refractivity contribution in [3.05, 3.63) is 45.4 Å². The van der Waals surface area contributed by atoms with Gasteiger partial charge in [0.25, 0.3) is 0 Å². The SMILES string of the molecule is CC[C@H](NCc1ccccc1OCCO)c1nc(C)c(C)s1. The van der Waals surface area contributed by atoms with Gasteiger partial charge >= 0.3 is 0 Å². The molecule has 1 atom stereocenters. The Morgan fingerprint density at radius 3 is 2.73 bits per heavy atom. The van der Waals surface area contributed by atoms with Crippen LogP contribution in [0.5, 0.6) is 5.75 Å². The number of hydrogen-bond donors (Lipinski definition) is 2. The number of ether oxygens (including phenoxy) is 1. The standard InChI is InChI=1S/C17H24N2O2S/c1-4-15(17-19-12(2)13(3)22-17)18-11-14-7-5-6-8-16(14)21-10-9-20/h5-8,15,18,20H,4,9-11H2,1-3H3/t15-/m0/s1. The maximum absolute atomic E-state index is 8.90. The first-order valence-corrected chi connectivity index (χ1v) is 8.46. The maximum atomic E-state index is 8.90. The molecule has 1 aromatic heterocycles. The van der Waals surface area contributed by atoms with Crippen molar-refractivity contribution in [3.8, 4) is 5.75 Å². The lowest BCUT2D eigenvalue weighted by molar-refractivity contribution is 0.200. The van der Waals surface area contributed by atoms with Crippen molar-refractivity contribution in [1.82, 2.24) is 10.3 Å². The molecule has 0 bridgehead atoms. The van der Waals surface area contributed by atoms with Crippen molar-refractivity contribution in [2.24, 2.45) is 0 Å². The van der Waals surface area contributed by atoms with E-state index in [1.165, 1.54) is 4.88 Å². The summed E-state index contributed by atoms with van der Waals surface area (Å²) in [6.07, 6.45) is 0.992. The Bertz CT molecular complexity index is 579. The summed E-state index contributed by atoms with van der Waals surface area (Å²) in [4.78, 5) is 5.94. The number of aromatic nitrogens is 1. The summed E-state index contributed by atoms with van der Waals surface area (Å²) in [7, 11) is 0. The summed E-state index contributed by atoms with van der Waals surface area (Å²) in [5.74, 6) is 0.824. The predicted octanol–water partition coefficient (Wildman–Crippen LogP) is 3.37. The minimum Gasteiger partial charge on any atom is -0.491 e. The molecule has 0 radical (unpaired) electrons. The van der Waals surface area contributed by atoms with Crippen LogP contribution in [0.25, 0.3) is 0 Å². The fourth-order valence-electron chi connectivity index (χ4n) is 2.23. The Hall–Kier alpha value is -1.43.